The number of hydrogen-bond acceptors (Lipinski definition) is 4. The molecular weight excluding hydrogens is 264 g/mol. The van der Waals surface area contributed by atoms with Crippen molar-refractivity contribution in [3.05, 3.63) is 23.8 Å². The molecule has 1 heterocycles. The zero-order chi connectivity index (χ0) is 13.9. The van der Waals surface area contributed by atoms with E-state index >= 15 is 0 Å². The molecule has 0 spiro atoms. The molecule has 1 aliphatic rings. The Labute approximate surface area is 114 Å². The summed E-state index contributed by atoms with van der Waals surface area (Å²) in [5.41, 5.74) is 2.10. The molecular formula is C13H20N2O3S. The summed E-state index contributed by atoms with van der Waals surface area (Å²) in [5, 5.41) is 3.22. The number of fused-ring (bicyclic) bond motifs is 1. The van der Waals surface area contributed by atoms with Crippen LogP contribution in [0.1, 0.15) is 18.9 Å². The first-order chi connectivity index (χ1) is 9.03. The summed E-state index contributed by atoms with van der Waals surface area (Å²) in [6.07, 6.45) is 1.53. The Hall–Kier alpha value is -1.11. The lowest BCUT2D eigenvalue weighted by Crippen LogP contribution is -2.33. The van der Waals surface area contributed by atoms with Crippen LogP contribution in [0.2, 0.25) is 0 Å². The number of methoxy groups -OCH3 is 1. The summed E-state index contributed by atoms with van der Waals surface area (Å²) in [7, 11) is -1.84. The van der Waals surface area contributed by atoms with Crippen molar-refractivity contribution < 1.29 is 13.2 Å². The van der Waals surface area contributed by atoms with Gasteiger partial charge in [0.25, 0.3) is 0 Å². The Balaban J connectivity index is 2.11. The maximum atomic E-state index is 12.2. The van der Waals surface area contributed by atoms with Gasteiger partial charge in [-0.15, -0.1) is 0 Å². The third kappa shape index (κ3) is 3.46. The third-order valence-corrected chi connectivity index (χ3v) is 4.80. The molecule has 0 fully saturated rings. The molecule has 0 saturated heterocycles. The standard InChI is InChI=1S/C13H20N2O3S/c1-10(6-8-18-2)15-19(16,17)12-3-4-13-11(9-12)5-7-14-13/h3-4,9-10,14-15H,5-8H2,1-2H3. The number of ether oxygens (including phenoxy) is 1. The van der Waals surface area contributed by atoms with Crippen molar-refractivity contribution in [1.29, 1.82) is 0 Å². The number of rotatable bonds is 6. The SMILES string of the molecule is COCCC(C)NS(=O)(=O)c1ccc2c(c1)CCN2. The third-order valence-electron chi connectivity index (χ3n) is 3.21. The van der Waals surface area contributed by atoms with E-state index in [1.54, 1.807) is 19.2 Å². The second kappa shape index (κ2) is 5.90. The molecule has 0 radical (unpaired) electrons. The van der Waals surface area contributed by atoms with Gasteiger partial charge in [-0.05, 0) is 43.5 Å². The molecule has 19 heavy (non-hydrogen) atoms. The van der Waals surface area contributed by atoms with Gasteiger partial charge in [-0.3, -0.25) is 0 Å². The second-order valence-electron chi connectivity index (χ2n) is 4.80. The molecule has 1 unspecified atom stereocenters. The molecule has 2 rings (SSSR count). The minimum atomic E-state index is -3.44. The highest BCUT2D eigenvalue weighted by molar-refractivity contribution is 7.89. The second-order valence-corrected chi connectivity index (χ2v) is 6.51. The van der Waals surface area contributed by atoms with Gasteiger partial charge in [0, 0.05) is 32.0 Å². The maximum Gasteiger partial charge on any atom is 0.240 e. The van der Waals surface area contributed by atoms with E-state index < -0.39 is 10.0 Å². The van der Waals surface area contributed by atoms with Gasteiger partial charge in [-0.1, -0.05) is 0 Å². The Morgan fingerprint density at radius 1 is 1.47 bits per heavy atom. The van der Waals surface area contributed by atoms with Crippen molar-refractivity contribution >= 4 is 15.7 Å². The van der Waals surface area contributed by atoms with E-state index in [1.807, 2.05) is 13.0 Å². The van der Waals surface area contributed by atoms with Crippen molar-refractivity contribution in [1.82, 2.24) is 4.72 Å². The predicted octanol–water partition coefficient (Wildman–Crippen LogP) is 1.36. The minimum Gasteiger partial charge on any atom is -0.385 e. The van der Waals surface area contributed by atoms with E-state index in [0.717, 1.165) is 24.2 Å². The van der Waals surface area contributed by atoms with Crippen LogP contribution >= 0.6 is 0 Å². The lowest BCUT2D eigenvalue weighted by atomic mass is 10.2. The van der Waals surface area contributed by atoms with Crippen molar-refractivity contribution in [2.24, 2.45) is 0 Å². The van der Waals surface area contributed by atoms with Crippen LogP contribution < -0.4 is 10.0 Å². The van der Waals surface area contributed by atoms with Gasteiger partial charge in [-0.25, -0.2) is 13.1 Å². The van der Waals surface area contributed by atoms with Crippen LogP contribution in [-0.2, 0) is 21.2 Å². The summed E-state index contributed by atoms with van der Waals surface area (Å²) < 4.78 is 32.1. The van der Waals surface area contributed by atoms with Crippen molar-refractivity contribution in [2.75, 3.05) is 25.6 Å². The molecule has 1 aliphatic heterocycles. The summed E-state index contributed by atoms with van der Waals surface area (Å²) >= 11 is 0. The highest BCUT2D eigenvalue weighted by atomic mass is 32.2. The first-order valence-corrected chi connectivity index (χ1v) is 7.89. The quantitative estimate of drug-likeness (QED) is 0.827. The van der Waals surface area contributed by atoms with E-state index in [0.29, 0.717) is 17.9 Å². The Kier molecular flexibility index (Phi) is 4.44. The van der Waals surface area contributed by atoms with Crippen molar-refractivity contribution in [3.63, 3.8) is 0 Å². The highest BCUT2D eigenvalue weighted by Gasteiger charge is 2.20. The lowest BCUT2D eigenvalue weighted by Gasteiger charge is -2.14. The molecule has 0 saturated carbocycles. The highest BCUT2D eigenvalue weighted by Crippen LogP contribution is 2.25. The van der Waals surface area contributed by atoms with Crippen LogP contribution in [0.4, 0.5) is 5.69 Å². The van der Waals surface area contributed by atoms with E-state index in [2.05, 4.69) is 10.0 Å². The predicted molar refractivity (Wildman–Crippen MR) is 74.9 cm³/mol. The first kappa shape index (κ1) is 14.3. The molecule has 106 valence electrons. The van der Waals surface area contributed by atoms with Crippen molar-refractivity contribution in [2.45, 2.75) is 30.7 Å². The van der Waals surface area contributed by atoms with Crippen LogP contribution in [-0.4, -0.2) is 34.7 Å². The Morgan fingerprint density at radius 2 is 2.26 bits per heavy atom. The molecule has 1 aromatic carbocycles. The Morgan fingerprint density at radius 3 is 3.00 bits per heavy atom. The monoisotopic (exact) mass is 284 g/mol. The van der Waals surface area contributed by atoms with Crippen LogP contribution in [0.3, 0.4) is 0 Å². The summed E-state index contributed by atoms with van der Waals surface area (Å²) in [5.74, 6) is 0. The largest absolute Gasteiger partial charge is 0.385 e. The average molecular weight is 284 g/mol. The fourth-order valence-electron chi connectivity index (χ4n) is 2.13. The van der Waals surface area contributed by atoms with E-state index in [-0.39, 0.29) is 6.04 Å². The van der Waals surface area contributed by atoms with Crippen LogP contribution in [0.25, 0.3) is 0 Å². The van der Waals surface area contributed by atoms with E-state index in [1.165, 1.54) is 0 Å². The zero-order valence-electron chi connectivity index (χ0n) is 11.3. The topological polar surface area (TPSA) is 67.4 Å². The molecule has 5 nitrogen and oxygen atoms in total. The molecule has 0 aliphatic carbocycles. The summed E-state index contributed by atoms with van der Waals surface area (Å²) in [6, 6.07) is 5.08. The first-order valence-electron chi connectivity index (χ1n) is 6.41. The van der Waals surface area contributed by atoms with Gasteiger partial charge in [0.05, 0.1) is 4.90 Å². The lowest BCUT2D eigenvalue weighted by molar-refractivity contribution is 0.188. The molecule has 2 N–H and O–H groups in total. The normalized spacial score (nSPS) is 15.9. The smallest absolute Gasteiger partial charge is 0.240 e. The molecule has 0 bridgehead atoms. The number of hydrogen-bond donors (Lipinski definition) is 2. The summed E-state index contributed by atoms with van der Waals surface area (Å²) in [6.45, 7) is 3.25. The van der Waals surface area contributed by atoms with Crippen LogP contribution in [0.15, 0.2) is 23.1 Å². The molecule has 6 heteroatoms. The van der Waals surface area contributed by atoms with Gasteiger partial charge in [0.1, 0.15) is 0 Å². The maximum absolute atomic E-state index is 12.2. The fourth-order valence-corrected chi connectivity index (χ4v) is 3.46. The molecule has 0 amide bonds. The van der Waals surface area contributed by atoms with E-state index in [9.17, 15) is 8.42 Å². The minimum absolute atomic E-state index is 0.142. The molecule has 1 atom stereocenters. The van der Waals surface area contributed by atoms with Gasteiger partial charge >= 0.3 is 0 Å². The average Bonchev–Trinajstić information content (AvgIpc) is 2.82. The zero-order valence-corrected chi connectivity index (χ0v) is 12.1. The van der Waals surface area contributed by atoms with Crippen LogP contribution in [0, 0.1) is 0 Å². The van der Waals surface area contributed by atoms with Gasteiger partial charge in [0.15, 0.2) is 0 Å². The van der Waals surface area contributed by atoms with Gasteiger partial charge < -0.3 is 10.1 Å². The number of sulfonamides is 1. The molecule has 0 aromatic heterocycles. The number of anilines is 1. The van der Waals surface area contributed by atoms with E-state index in [4.69, 9.17) is 4.74 Å². The molecule has 1 aromatic rings. The summed E-state index contributed by atoms with van der Waals surface area (Å²) in [4.78, 5) is 0.333. The fraction of sp³-hybridized carbons (Fsp3) is 0.538. The number of nitrogens with one attached hydrogen (secondary N) is 2. The Bertz CT molecular complexity index is 543. The number of benzene rings is 1. The van der Waals surface area contributed by atoms with Gasteiger partial charge in [-0.2, -0.15) is 0 Å². The van der Waals surface area contributed by atoms with Crippen molar-refractivity contribution in [3.8, 4) is 0 Å². The van der Waals surface area contributed by atoms with Crippen LogP contribution in [0.5, 0.6) is 0 Å². The van der Waals surface area contributed by atoms with Gasteiger partial charge in [0.2, 0.25) is 10.0 Å².